The molecule has 138 valence electrons. The molecule has 2 heterocycles. The summed E-state index contributed by atoms with van der Waals surface area (Å²) in [7, 11) is 0. The highest BCUT2D eigenvalue weighted by Gasteiger charge is 2.22. The van der Waals surface area contributed by atoms with Crippen LogP contribution in [0.15, 0.2) is 65.2 Å². The summed E-state index contributed by atoms with van der Waals surface area (Å²) < 4.78 is 5.91. The average molecular weight is 365 g/mol. The first-order chi connectivity index (χ1) is 13.2. The minimum Gasteiger partial charge on any atom is -0.435 e. The van der Waals surface area contributed by atoms with Gasteiger partial charge in [-0.15, -0.1) is 0 Å². The van der Waals surface area contributed by atoms with E-state index in [9.17, 15) is 10.1 Å². The second-order valence-electron chi connectivity index (χ2n) is 6.67. The number of benzene rings is 2. The molecular weight excluding hydrogens is 344 g/mol. The van der Waals surface area contributed by atoms with Crippen LogP contribution < -0.4 is 9.80 Å². The molecule has 0 aliphatic carbocycles. The maximum absolute atomic E-state index is 10.8. The average Bonchev–Trinajstić information content (AvgIpc) is 3.18. The predicted molar refractivity (Wildman–Crippen MR) is 102 cm³/mol. The van der Waals surface area contributed by atoms with Gasteiger partial charge in [0.15, 0.2) is 12.3 Å². The molecule has 0 radical (unpaired) electrons. The number of non-ortho nitro benzene ring substituents is 1. The van der Waals surface area contributed by atoms with Crippen molar-refractivity contribution in [3.8, 4) is 11.3 Å². The highest BCUT2D eigenvalue weighted by Crippen LogP contribution is 2.20. The topological polar surface area (TPSA) is 76.8 Å². The third kappa shape index (κ3) is 3.98. The maximum Gasteiger partial charge on any atom is 0.269 e. The van der Waals surface area contributed by atoms with E-state index in [1.165, 1.54) is 4.90 Å². The molecule has 1 saturated heterocycles. The van der Waals surface area contributed by atoms with Gasteiger partial charge in [-0.05, 0) is 12.1 Å². The Bertz CT molecular complexity index is 900. The molecule has 1 aliphatic heterocycles. The van der Waals surface area contributed by atoms with Gasteiger partial charge in [0, 0.05) is 23.4 Å². The Balaban J connectivity index is 1.33. The zero-order valence-electron chi connectivity index (χ0n) is 14.9. The van der Waals surface area contributed by atoms with Crippen molar-refractivity contribution in [2.75, 3.05) is 31.1 Å². The molecule has 3 aromatic rings. The summed E-state index contributed by atoms with van der Waals surface area (Å²) in [5.74, 6) is 1.56. The Morgan fingerprint density at radius 2 is 1.78 bits per heavy atom. The Labute approximate surface area is 157 Å². The number of hydrogen-bond donors (Lipinski definition) is 1. The van der Waals surface area contributed by atoms with E-state index in [2.05, 4.69) is 9.88 Å². The number of hydrogen-bond acceptors (Lipinski definition) is 5. The van der Waals surface area contributed by atoms with Crippen molar-refractivity contribution >= 4 is 11.4 Å². The number of nitro benzene ring substituents is 1. The van der Waals surface area contributed by atoms with Gasteiger partial charge in [0.25, 0.3) is 11.6 Å². The van der Waals surface area contributed by atoms with Gasteiger partial charge in [0.2, 0.25) is 0 Å². The fourth-order valence-electron chi connectivity index (χ4n) is 3.38. The zero-order chi connectivity index (χ0) is 18.6. The van der Waals surface area contributed by atoms with Crippen molar-refractivity contribution in [1.29, 1.82) is 0 Å². The predicted octanol–water partition coefficient (Wildman–Crippen LogP) is 2.15. The van der Waals surface area contributed by atoms with Gasteiger partial charge in [-0.25, -0.2) is 4.98 Å². The van der Waals surface area contributed by atoms with Crippen LogP contribution in [0.3, 0.4) is 0 Å². The van der Waals surface area contributed by atoms with Crippen LogP contribution in [0.25, 0.3) is 11.3 Å². The van der Waals surface area contributed by atoms with Gasteiger partial charge >= 0.3 is 0 Å². The molecule has 1 N–H and O–H groups in total. The summed E-state index contributed by atoms with van der Waals surface area (Å²) in [4.78, 5) is 18.5. The zero-order valence-corrected chi connectivity index (χ0v) is 14.9. The van der Waals surface area contributed by atoms with Crippen LogP contribution >= 0.6 is 0 Å². The number of nitrogens with one attached hydrogen (secondary N) is 1. The Kier molecular flexibility index (Phi) is 4.84. The van der Waals surface area contributed by atoms with E-state index >= 15 is 0 Å². The Morgan fingerprint density at radius 1 is 1.07 bits per heavy atom. The number of piperazine rings is 1. The molecule has 2 aromatic carbocycles. The molecule has 0 amide bonds. The molecule has 7 nitrogen and oxygen atoms in total. The van der Waals surface area contributed by atoms with Crippen LogP contribution in [0, 0.1) is 10.1 Å². The smallest absolute Gasteiger partial charge is 0.269 e. The maximum atomic E-state index is 10.8. The van der Waals surface area contributed by atoms with Gasteiger partial charge in [-0.1, -0.05) is 30.3 Å². The van der Waals surface area contributed by atoms with Crippen molar-refractivity contribution in [1.82, 2.24) is 4.98 Å². The first-order valence-corrected chi connectivity index (χ1v) is 9.02. The molecule has 0 saturated carbocycles. The van der Waals surface area contributed by atoms with E-state index in [0.29, 0.717) is 0 Å². The van der Waals surface area contributed by atoms with E-state index < -0.39 is 0 Å². The van der Waals surface area contributed by atoms with Gasteiger partial charge in [-0.3, -0.25) is 10.1 Å². The SMILES string of the molecule is O=[N+]([O-])c1ccc(N2CC[NH+](Cc3ncc(-c4ccccc4)o3)CC2)cc1. The van der Waals surface area contributed by atoms with Crippen molar-refractivity contribution in [3.05, 3.63) is 76.8 Å². The van der Waals surface area contributed by atoms with E-state index in [4.69, 9.17) is 4.42 Å². The summed E-state index contributed by atoms with van der Waals surface area (Å²) in [6, 6.07) is 16.8. The lowest BCUT2D eigenvalue weighted by molar-refractivity contribution is -0.915. The van der Waals surface area contributed by atoms with Gasteiger partial charge < -0.3 is 14.2 Å². The van der Waals surface area contributed by atoms with Crippen LogP contribution in [0.4, 0.5) is 11.4 Å². The van der Waals surface area contributed by atoms with Crippen LogP contribution in [0.5, 0.6) is 0 Å². The third-order valence-corrected chi connectivity index (χ3v) is 4.91. The minimum absolute atomic E-state index is 0.126. The highest BCUT2D eigenvalue weighted by molar-refractivity contribution is 5.55. The number of oxazole rings is 1. The molecular formula is C20H21N4O3+. The second-order valence-corrected chi connectivity index (χ2v) is 6.67. The third-order valence-electron chi connectivity index (χ3n) is 4.91. The van der Waals surface area contributed by atoms with E-state index in [0.717, 1.165) is 55.6 Å². The molecule has 0 atom stereocenters. The first kappa shape index (κ1) is 17.2. The number of quaternary nitrogens is 1. The molecule has 0 bridgehead atoms. The van der Waals surface area contributed by atoms with Gasteiger partial charge in [0.1, 0.15) is 0 Å². The summed E-state index contributed by atoms with van der Waals surface area (Å²) in [6.07, 6.45) is 1.79. The molecule has 27 heavy (non-hydrogen) atoms. The molecule has 1 fully saturated rings. The summed E-state index contributed by atoms with van der Waals surface area (Å²) in [6.45, 7) is 4.51. The fourth-order valence-corrected chi connectivity index (χ4v) is 3.38. The van der Waals surface area contributed by atoms with Crippen molar-refractivity contribution < 1.29 is 14.2 Å². The molecule has 1 aromatic heterocycles. The van der Waals surface area contributed by atoms with E-state index in [1.807, 2.05) is 42.5 Å². The molecule has 0 spiro atoms. The van der Waals surface area contributed by atoms with Crippen molar-refractivity contribution in [3.63, 3.8) is 0 Å². The van der Waals surface area contributed by atoms with Crippen LogP contribution in [-0.2, 0) is 6.54 Å². The van der Waals surface area contributed by atoms with E-state index in [1.54, 1.807) is 18.3 Å². The summed E-state index contributed by atoms with van der Waals surface area (Å²) in [5.41, 5.74) is 2.19. The molecule has 4 rings (SSSR count). The van der Waals surface area contributed by atoms with E-state index in [-0.39, 0.29) is 10.6 Å². The van der Waals surface area contributed by atoms with Crippen LogP contribution in [-0.4, -0.2) is 36.1 Å². The van der Waals surface area contributed by atoms with Crippen molar-refractivity contribution in [2.24, 2.45) is 0 Å². The largest absolute Gasteiger partial charge is 0.435 e. The Hall–Kier alpha value is -3.19. The van der Waals surface area contributed by atoms with Gasteiger partial charge in [0.05, 0.1) is 37.3 Å². The summed E-state index contributed by atoms with van der Waals surface area (Å²) >= 11 is 0. The quantitative estimate of drug-likeness (QED) is 0.554. The number of rotatable bonds is 5. The summed E-state index contributed by atoms with van der Waals surface area (Å²) in [5, 5.41) is 10.8. The lowest BCUT2D eigenvalue weighted by Gasteiger charge is -2.33. The lowest BCUT2D eigenvalue weighted by atomic mass is 10.2. The van der Waals surface area contributed by atoms with Crippen LogP contribution in [0.1, 0.15) is 5.89 Å². The minimum atomic E-state index is -0.369. The monoisotopic (exact) mass is 365 g/mol. The molecule has 1 aliphatic rings. The first-order valence-electron chi connectivity index (χ1n) is 9.02. The number of aromatic nitrogens is 1. The van der Waals surface area contributed by atoms with Crippen LogP contribution in [0.2, 0.25) is 0 Å². The van der Waals surface area contributed by atoms with Crippen molar-refractivity contribution in [2.45, 2.75) is 6.54 Å². The fraction of sp³-hybridized carbons (Fsp3) is 0.250. The highest BCUT2D eigenvalue weighted by atomic mass is 16.6. The number of nitro groups is 1. The number of anilines is 1. The standard InChI is InChI=1S/C20H20N4O3/c25-24(26)18-8-6-17(7-9-18)23-12-10-22(11-13-23)15-20-21-14-19(27-20)16-4-2-1-3-5-16/h1-9,14H,10-13,15H2/p+1. The lowest BCUT2D eigenvalue weighted by Crippen LogP contribution is -3.13. The normalized spacial score (nSPS) is 15.0. The molecule has 7 heteroatoms. The second kappa shape index (κ2) is 7.59. The number of nitrogens with zero attached hydrogens (tertiary/aromatic N) is 3. The molecule has 0 unspecified atom stereocenters. The Morgan fingerprint density at radius 3 is 2.44 bits per heavy atom. The van der Waals surface area contributed by atoms with Gasteiger partial charge in [-0.2, -0.15) is 0 Å².